The summed E-state index contributed by atoms with van der Waals surface area (Å²) in [5.41, 5.74) is 1.37. The van der Waals surface area contributed by atoms with Gasteiger partial charge >= 0.3 is 0 Å². The fourth-order valence-corrected chi connectivity index (χ4v) is 3.83. The lowest BCUT2D eigenvalue weighted by Crippen LogP contribution is -2.04. The minimum atomic E-state index is -0.604. The van der Waals surface area contributed by atoms with E-state index in [-0.39, 0.29) is 5.56 Å². The van der Waals surface area contributed by atoms with Gasteiger partial charge in [-0.1, -0.05) is 29.3 Å². The first-order valence-electron chi connectivity index (χ1n) is 8.16. The van der Waals surface area contributed by atoms with E-state index in [1.165, 1.54) is 36.5 Å². The number of aromatic amines is 1. The predicted molar refractivity (Wildman–Crippen MR) is 112 cm³/mol. The van der Waals surface area contributed by atoms with E-state index in [0.29, 0.717) is 32.3 Å². The molecule has 2 aromatic carbocycles. The minimum Gasteiger partial charge on any atom is -0.345 e. The summed E-state index contributed by atoms with van der Waals surface area (Å²) in [4.78, 5) is 20.9. The lowest BCUT2D eigenvalue weighted by atomic mass is 10.0. The molecule has 0 fully saturated rings. The molecular weight excluding hydrogens is 420 g/mol. The van der Waals surface area contributed by atoms with E-state index in [1.807, 2.05) is 12.1 Å². The van der Waals surface area contributed by atoms with Crippen molar-refractivity contribution in [3.8, 4) is 0 Å². The summed E-state index contributed by atoms with van der Waals surface area (Å²) in [6, 6.07) is 13.2. The van der Waals surface area contributed by atoms with Crippen molar-refractivity contribution in [1.82, 2.24) is 9.97 Å². The monoisotopic (exact) mass is 431 g/mol. The molecule has 4 rings (SSSR count). The molecule has 8 heteroatoms. The van der Waals surface area contributed by atoms with Gasteiger partial charge in [-0.25, -0.2) is 9.37 Å². The third-order valence-electron chi connectivity index (χ3n) is 4.04. The molecular formula is C20H12Cl2FN3OS. The zero-order valence-electron chi connectivity index (χ0n) is 14.2. The van der Waals surface area contributed by atoms with Crippen molar-refractivity contribution in [1.29, 1.82) is 0 Å². The number of nitrogens with one attached hydrogen (secondary N) is 2. The van der Waals surface area contributed by atoms with Crippen LogP contribution in [0.2, 0.25) is 10.0 Å². The molecule has 0 atom stereocenters. The number of carbonyl (C=O) groups is 1. The van der Waals surface area contributed by atoms with Gasteiger partial charge in [0.25, 0.3) is 0 Å². The quantitative estimate of drug-likeness (QED) is 0.285. The summed E-state index contributed by atoms with van der Waals surface area (Å²) < 4.78 is 17.5. The van der Waals surface area contributed by atoms with Crippen LogP contribution < -0.4 is 4.72 Å². The van der Waals surface area contributed by atoms with E-state index in [2.05, 4.69) is 14.7 Å². The number of aromatic nitrogens is 2. The molecule has 28 heavy (non-hydrogen) atoms. The van der Waals surface area contributed by atoms with Crippen LogP contribution in [0.4, 0.5) is 10.1 Å². The number of fused-ring (bicyclic) bond motifs is 1. The zero-order valence-corrected chi connectivity index (χ0v) is 16.5. The number of hydrogen-bond donors (Lipinski definition) is 2. The second-order valence-corrected chi connectivity index (χ2v) is 7.69. The Morgan fingerprint density at radius 1 is 1.07 bits per heavy atom. The number of pyridine rings is 1. The molecule has 0 saturated heterocycles. The molecule has 4 nitrogen and oxygen atoms in total. The van der Waals surface area contributed by atoms with E-state index < -0.39 is 11.6 Å². The Kier molecular flexibility index (Phi) is 5.26. The molecule has 0 aliphatic carbocycles. The lowest BCUT2D eigenvalue weighted by molar-refractivity contribution is 0.103. The van der Waals surface area contributed by atoms with E-state index in [0.717, 1.165) is 4.90 Å². The molecule has 0 aliphatic rings. The highest BCUT2D eigenvalue weighted by molar-refractivity contribution is 8.00. The normalized spacial score (nSPS) is 11.0. The van der Waals surface area contributed by atoms with Crippen LogP contribution >= 0.6 is 35.1 Å². The summed E-state index contributed by atoms with van der Waals surface area (Å²) >= 11 is 13.3. The highest BCUT2D eigenvalue weighted by Gasteiger charge is 2.19. The number of carbonyl (C=O) groups excluding carboxylic acids is 1. The number of nitrogens with zero attached hydrogens (tertiary/aromatic N) is 1. The van der Waals surface area contributed by atoms with Gasteiger partial charge in [-0.3, -0.25) is 4.79 Å². The third kappa shape index (κ3) is 3.85. The number of hydrogen-bond acceptors (Lipinski definition) is 4. The zero-order chi connectivity index (χ0) is 19.7. The Morgan fingerprint density at radius 3 is 2.75 bits per heavy atom. The maximum atomic E-state index is 14.4. The Labute approximate surface area is 174 Å². The first-order chi connectivity index (χ1) is 13.5. The van der Waals surface area contributed by atoms with Gasteiger partial charge in [0.05, 0.1) is 10.6 Å². The van der Waals surface area contributed by atoms with Crippen LogP contribution in [-0.4, -0.2) is 15.8 Å². The van der Waals surface area contributed by atoms with Crippen molar-refractivity contribution in [3.05, 3.63) is 87.9 Å². The van der Waals surface area contributed by atoms with E-state index in [1.54, 1.807) is 24.3 Å². The summed E-state index contributed by atoms with van der Waals surface area (Å²) in [7, 11) is 0. The molecule has 140 valence electrons. The maximum Gasteiger partial charge on any atom is 0.198 e. The lowest BCUT2D eigenvalue weighted by Gasteiger charge is -2.08. The van der Waals surface area contributed by atoms with Gasteiger partial charge in [0, 0.05) is 38.9 Å². The van der Waals surface area contributed by atoms with Crippen molar-refractivity contribution in [2.24, 2.45) is 0 Å². The molecule has 0 unspecified atom stereocenters. The molecule has 2 N–H and O–H groups in total. The molecule has 0 spiro atoms. The SMILES string of the molecule is O=C(c1cc(NSc2cccc(Cl)c2)ccc1F)c1c[nH]c2ncc(Cl)cc12. The molecule has 0 saturated carbocycles. The Bertz CT molecular complexity index is 1200. The highest BCUT2D eigenvalue weighted by Crippen LogP contribution is 2.27. The number of anilines is 1. The molecule has 4 aromatic rings. The standard InChI is InChI=1S/C20H12Cl2FN3OS/c21-11-2-1-3-14(6-11)28-26-13-4-5-18(23)16(8-13)19(27)17-10-25-20-15(17)7-12(22)9-24-20/h1-10,26H,(H,24,25). The van der Waals surface area contributed by atoms with Crippen LogP contribution in [0.3, 0.4) is 0 Å². The first kappa shape index (κ1) is 18.8. The summed E-state index contributed by atoms with van der Waals surface area (Å²) in [5.74, 6) is -1.06. The average molecular weight is 432 g/mol. The van der Waals surface area contributed by atoms with Crippen molar-refractivity contribution in [3.63, 3.8) is 0 Å². The van der Waals surface area contributed by atoms with Crippen molar-refractivity contribution < 1.29 is 9.18 Å². The van der Waals surface area contributed by atoms with Gasteiger partial charge in [0.1, 0.15) is 11.5 Å². The molecule has 0 bridgehead atoms. The van der Waals surface area contributed by atoms with Gasteiger partial charge in [-0.2, -0.15) is 0 Å². The van der Waals surface area contributed by atoms with Crippen molar-refractivity contribution in [2.75, 3.05) is 4.72 Å². The average Bonchev–Trinajstić information content (AvgIpc) is 3.10. The van der Waals surface area contributed by atoms with Gasteiger partial charge in [0.2, 0.25) is 0 Å². The second-order valence-electron chi connectivity index (χ2n) is 5.94. The van der Waals surface area contributed by atoms with E-state index in [9.17, 15) is 9.18 Å². The van der Waals surface area contributed by atoms with E-state index >= 15 is 0 Å². The van der Waals surface area contributed by atoms with Gasteiger partial charge in [-0.05, 0) is 54.4 Å². The number of halogens is 3. The number of rotatable bonds is 5. The fourth-order valence-electron chi connectivity index (χ4n) is 2.72. The second kappa shape index (κ2) is 7.83. The van der Waals surface area contributed by atoms with Crippen LogP contribution in [0, 0.1) is 5.82 Å². The first-order valence-corrected chi connectivity index (χ1v) is 9.74. The molecule has 0 aliphatic heterocycles. The number of benzene rings is 2. The largest absolute Gasteiger partial charge is 0.345 e. The Hall–Kier alpha value is -2.54. The van der Waals surface area contributed by atoms with Crippen molar-refractivity contribution in [2.45, 2.75) is 4.90 Å². The smallest absolute Gasteiger partial charge is 0.198 e. The topological polar surface area (TPSA) is 57.8 Å². The summed E-state index contributed by atoms with van der Waals surface area (Å²) in [6.07, 6.45) is 2.99. The Morgan fingerprint density at radius 2 is 1.93 bits per heavy atom. The van der Waals surface area contributed by atoms with Crippen LogP contribution in [0.25, 0.3) is 11.0 Å². The predicted octanol–water partition coefficient (Wildman–Crippen LogP) is 6.36. The van der Waals surface area contributed by atoms with Crippen LogP contribution in [0.1, 0.15) is 15.9 Å². The number of ketones is 1. The number of H-pyrrole nitrogens is 1. The minimum absolute atomic E-state index is 0.0439. The fraction of sp³-hybridized carbons (Fsp3) is 0. The summed E-state index contributed by atoms with van der Waals surface area (Å²) in [5, 5.41) is 1.56. The van der Waals surface area contributed by atoms with Crippen LogP contribution in [0.15, 0.2) is 65.8 Å². The molecule has 0 amide bonds. The molecule has 0 radical (unpaired) electrons. The maximum absolute atomic E-state index is 14.4. The Balaban J connectivity index is 1.62. The summed E-state index contributed by atoms with van der Waals surface area (Å²) in [6.45, 7) is 0. The van der Waals surface area contributed by atoms with Gasteiger partial charge in [0.15, 0.2) is 5.78 Å². The molecule has 2 aromatic heterocycles. The van der Waals surface area contributed by atoms with Gasteiger partial charge in [-0.15, -0.1) is 0 Å². The highest BCUT2D eigenvalue weighted by atomic mass is 35.5. The van der Waals surface area contributed by atoms with Crippen molar-refractivity contribution >= 4 is 57.7 Å². The van der Waals surface area contributed by atoms with E-state index in [4.69, 9.17) is 23.2 Å². The van der Waals surface area contributed by atoms with Crippen LogP contribution in [-0.2, 0) is 0 Å². The third-order valence-corrected chi connectivity index (χ3v) is 5.31. The molecule has 2 heterocycles. The van der Waals surface area contributed by atoms with Crippen LogP contribution in [0.5, 0.6) is 0 Å². The van der Waals surface area contributed by atoms with Gasteiger partial charge < -0.3 is 9.71 Å².